The molecule has 4 heterocycles. The number of carbonyl (C=O) groups excluding carboxylic acids is 1. The molecule has 0 spiro atoms. The average Bonchev–Trinajstić information content (AvgIpc) is 3.41. The molecule has 0 saturated carbocycles. The lowest BCUT2D eigenvalue weighted by Crippen LogP contribution is -2.36. The zero-order chi connectivity index (χ0) is 27.6. The van der Waals surface area contributed by atoms with E-state index in [0.717, 1.165) is 12.1 Å². The molecule has 198 valence electrons. The van der Waals surface area contributed by atoms with Gasteiger partial charge >= 0.3 is 12.1 Å². The summed E-state index contributed by atoms with van der Waals surface area (Å²) < 4.78 is 80.6. The van der Waals surface area contributed by atoms with Crippen LogP contribution in [0.5, 0.6) is 5.75 Å². The zero-order valence-electron chi connectivity index (χ0n) is 19.3. The van der Waals surface area contributed by atoms with Crippen LogP contribution in [-0.2, 0) is 16.6 Å². The van der Waals surface area contributed by atoms with E-state index in [2.05, 4.69) is 25.3 Å². The van der Waals surface area contributed by atoms with Gasteiger partial charge in [-0.05, 0) is 31.0 Å². The quantitative estimate of drug-likeness (QED) is 0.328. The molecule has 0 aliphatic carbocycles. The molecule has 9 nitrogen and oxygen atoms in total. The molecule has 0 bridgehead atoms. The van der Waals surface area contributed by atoms with Crippen molar-refractivity contribution < 1.29 is 36.2 Å². The highest BCUT2D eigenvalue weighted by atomic mass is 19.4. The minimum atomic E-state index is -5.72. The van der Waals surface area contributed by atoms with Gasteiger partial charge < -0.3 is 20.6 Å². The van der Waals surface area contributed by atoms with Crippen molar-refractivity contribution in [1.82, 2.24) is 24.3 Å². The Balaban J connectivity index is 1.57. The van der Waals surface area contributed by atoms with Crippen LogP contribution in [0.15, 0.2) is 36.8 Å². The topological polar surface area (TPSA) is 131 Å². The van der Waals surface area contributed by atoms with Gasteiger partial charge in [-0.3, -0.25) is 4.79 Å². The van der Waals surface area contributed by atoms with Gasteiger partial charge in [-0.15, -0.1) is 0 Å². The molecule has 15 heteroatoms. The lowest BCUT2D eigenvalue weighted by atomic mass is 9.77. The van der Waals surface area contributed by atoms with Gasteiger partial charge in [0.15, 0.2) is 23.0 Å². The summed E-state index contributed by atoms with van der Waals surface area (Å²) in [6.45, 7) is 1.47. The Morgan fingerprint density at radius 3 is 2.58 bits per heavy atom. The molecule has 1 unspecified atom stereocenters. The molecular weight excluding hydrogens is 520 g/mol. The highest BCUT2D eigenvalue weighted by Gasteiger charge is 2.56. The van der Waals surface area contributed by atoms with Gasteiger partial charge in [0, 0.05) is 25.0 Å². The number of phenolic OH excluding ortho intramolecular Hbond substituents is 1. The monoisotopic (exact) mass is 537 g/mol. The van der Waals surface area contributed by atoms with Crippen molar-refractivity contribution in [2.75, 3.05) is 11.1 Å². The number of phenols is 1. The van der Waals surface area contributed by atoms with Crippen LogP contribution >= 0.6 is 0 Å². The summed E-state index contributed by atoms with van der Waals surface area (Å²) in [4.78, 5) is 29.6. The number of imidazole rings is 1. The summed E-state index contributed by atoms with van der Waals surface area (Å²) in [6, 6.07) is 3.41. The summed E-state index contributed by atoms with van der Waals surface area (Å²) in [6.07, 6.45) is -3.92. The molecule has 3 aromatic heterocycles. The molecule has 1 amide bonds. The number of nitrogens with zero attached hydrogens (tertiary/aromatic N) is 5. The van der Waals surface area contributed by atoms with E-state index >= 15 is 0 Å². The Hall–Kier alpha value is -4.43. The first-order valence-electron chi connectivity index (χ1n) is 11.0. The Morgan fingerprint density at radius 1 is 1.16 bits per heavy atom. The van der Waals surface area contributed by atoms with Crippen LogP contribution in [0.4, 0.5) is 38.0 Å². The molecule has 1 aromatic carbocycles. The number of aromatic nitrogens is 5. The summed E-state index contributed by atoms with van der Waals surface area (Å²) in [5, 5.41) is 12.1. The smallest absolute Gasteiger partial charge is 0.453 e. The molecule has 0 fully saturated rings. The third-order valence-corrected chi connectivity index (χ3v) is 6.41. The van der Waals surface area contributed by atoms with Gasteiger partial charge in [0.2, 0.25) is 5.91 Å². The summed E-state index contributed by atoms with van der Waals surface area (Å²) >= 11 is 0. The number of fused-ring (bicyclic) bond motifs is 2. The first-order chi connectivity index (χ1) is 17.7. The third-order valence-electron chi connectivity index (χ3n) is 6.41. The number of nitrogens with two attached hydrogens (primary N) is 1. The number of anilines is 2. The molecular formula is C23H17F6N7O2. The number of halogens is 6. The van der Waals surface area contributed by atoms with Gasteiger partial charge in [-0.25, -0.2) is 24.3 Å². The highest BCUT2D eigenvalue weighted by molar-refractivity contribution is 6.09. The van der Waals surface area contributed by atoms with E-state index in [4.69, 9.17) is 5.73 Å². The van der Waals surface area contributed by atoms with Gasteiger partial charge in [-0.2, -0.15) is 22.0 Å². The van der Waals surface area contributed by atoms with Crippen LogP contribution in [0.1, 0.15) is 30.2 Å². The maximum Gasteiger partial charge on any atom is 0.453 e. The fourth-order valence-electron chi connectivity index (χ4n) is 4.30. The van der Waals surface area contributed by atoms with Crippen molar-refractivity contribution in [2.24, 2.45) is 0 Å². The van der Waals surface area contributed by atoms with E-state index in [-0.39, 0.29) is 45.6 Å². The maximum atomic E-state index is 14.1. The van der Waals surface area contributed by atoms with E-state index in [1.807, 2.05) is 0 Å². The second-order valence-electron chi connectivity index (χ2n) is 8.83. The number of carbonyl (C=O) groups is 1. The van der Waals surface area contributed by atoms with Crippen molar-refractivity contribution in [1.29, 1.82) is 0 Å². The SMILES string of the molecule is CC1(c2ccc(O)c(F)c2)C(=O)Nc2nc(-c3cn4ccnc4c(CCC(F)(F)C(F)(F)F)n3)nc(N)c21. The Bertz CT molecular complexity index is 1600. The lowest BCUT2D eigenvalue weighted by molar-refractivity contribution is -0.284. The van der Waals surface area contributed by atoms with Crippen molar-refractivity contribution in [3.05, 3.63) is 59.4 Å². The Labute approximate surface area is 209 Å². The third kappa shape index (κ3) is 3.85. The van der Waals surface area contributed by atoms with Crippen LogP contribution in [0.3, 0.4) is 0 Å². The molecule has 38 heavy (non-hydrogen) atoms. The van der Waals surface area contributed by atoms with E-state index in [0.29, 0.717) is 0 Å². The number of nitrogens with one attached hydrogen (secondary N) is 1. The van der Waals surface area contributed by atoms with Gasteiger partial charge in [0.1, 0.15) is 22.7 Å². The average molecular weight is 537 g/mol. The molecule has 1 aliphatic heterocycles. The van der Waals surface area contributed by atoms with E-state index in [1.54, 1.807) is 0 Å². The van der Waals surface area contributed by atoms with E-state index in [1.165, 1.54) is 36.0 Å². The predicted molar refractivity (Wildman–Crippen MR) is 121 cm³/mol. The van der Waals surface area contributed by atoms with E-state index < -0.39 is 47.8 Å². The van der Waals surface area contributed by atoms with E-state index in [9.17, 15) is 36.2 Å². The number of alkyl halides is 5. The number of nitrogen functional groups attached to an aromatic ring is 1. The largest absolute Gasteiger partial charge is 0.505 e. The summed E-state index contributed by atoms with van der Waals surface area (Å²) in [5.41, 5.74) is 4.83. The first kappa shape index (κ1) is 25.2. The lowest BCUT2D eigenvalue weighted by Gasteiger charge is -2.23. The van der Waals surface area contributed by atoms with Crippen molar-refractivity contribution in [3.8, 4) is 17.3 Å². The number of hydrogen-bond donors (Lipinski definition) is 3. The fourth-order valence-corrected chi connectivity index (χ4v) is 4.30. The van der Waals surface area contributed by atoms with Gasteiger partial charge in [0.05, 0.1) is 11.3 Å². The van der Waals surface area contributed by atoms with Gasteiger partial charge in [0.25, 0.3) is 0 Å². The number of benzene rings is 1. The fraction of sp³-hybridized carbons (Fsp3) is 0.261. The number of aromatic hydroxyl groups is 1. The van der Waals surface area contributed by atoms with Crippen molar-refractivity contribution in [3.63, 3.8) is 0 Å². The standard InChI is InChI=1S/C23H17F6N7O2/c1-21(10-2-3-14(37)11(24)8-10)15-16(30)33-17(34-18(15)35-20(21)38)13-9-36-7-6-31-19(36)12(32-13)4-5-22(25,26)23(27,28)29/h2-3,6-9,37H,4-5H2,1H3,(H3,30,33,34,35,38). The Morgan fingerprint density at radius 2 is 1.89 bits per heavy atom. The summed E-state index contributed by atoms with van der Waals surface area (Å²) in [5.74, 6) is -7.47. The number of amides is 1. The zero-order valence-corrected chi connectivity index (χ0v) is 19.3. The normalized spacial score (nSPS) is 17.6. The predicted octanol–water partition coefficient (Wildman–Crippen LogP) is 4.00. The molecule has 0 saturated heterocycles. The molecule has 4 N–H and O–H groups in total. The molecule has 1 atom stereocenters. The molecule has 0 radical (unpaired) electrons. The van der Waals surface area contributed by atoms with Crippen molar-refractivity contribution in [2.45, 2.75) is 37.3 Å². The summed E-state index contributed by atoms with van der Waals surface area (Å²) in [7, 11) is 0. The Kier molecular flexibility index (Phi) is 5.50. The van der Waals surface area contributed by atoms with Crippen LogP contribution in [0.25, 0.3) is 17.2 Å². The van der Waals surface area contributed by atoms with Crippen LogP contribution < -0.4 is 11.1 Å². The second-order valence-corrected chi connectivity index (χ2v) is 8.83. The second kappa shape index (κ2) is 8.29. The molecule has 5 rings (SSSR count). The number of hydrogen-bond acceptors (Lipinski definition) is 7. The van der Waals surface area contributed by atoms with Crippen LogP contribution in [0.2, 0.25) is 0 Å². The van der Waals surface area contributed by atoms with Crippen LogP contribution in [0, 0.1) is 5.82 Å². The minimum absolute atomic E-state index is 0.0221. The van der Waals surface area contributed by atoms with Crippen LogP contribution in [-0.4, -0.2) is 47.4 Å². The molecule has 4 aromatic rings. The number of rotatable bonds is 5. The minimum Gasteiger partial charge on any atom is -0.505 e. The molecule has 1 aliphatic rings. The first-order valence-corrected chi connectivity index (χ1v) is 11.0. The highest BCUT2D eigenvalue weighted by Crippen LogP contribution is 2.45. The van der Waals surface area contributed by atoms with Crippen molar-refractivity contribution >= 4 is 23.2 Å². The number of aryl methyl sites for hydroxylation is 1. The maximum absolute atomic E-state index is 14.1. The van der Waals surface area contributed by atoms with Gasteiger partial charge in [-0.1, -0.05) is 6.07 Å².